The summed E-state index contributed by atoms with van der Waals surface area (Å²) in [5.74, 6) is -1.02. The number of para-hydroxylation sites is 1. The third kappa shape index (κ3) is 3.99. The van der Waals surface area contributed by atoms with Gasteiger partial charge in [-0.1, -0.05) is 18.2 Å². The SMILES string of the molecule is COc1cc(/C=C2/C(=O)NN(c3ccccc3)C2=O)cc(Br)c1OCC(N)=O. The fourth-order valence-electron chi connectivity index (χ4n) is 2.59. The Balaban J connectivity index is 1.92. The summed E-state index contributed by atoms with van der Waals surface area (Å²) in [5, 5.41) is 1.19. The minimum absolute atomic E-state index is 0.0244. The maximum atomic E-state index is 12.7. The molecule has 0 radical (unpaired) electrons. The molecule has 144 valence electrons. The van der Waals surface area contributed by atoms with Crippen molar-refractivity contribution in [2.75, 3.05) is 18.7 Å². The van der Waals surface area contributed by atoms with Gasteiger partial charge < -0.3 is 15.2 Å². The van der Waals surface area contributed by atoms with Crippen molar-refractivity contribution in [3.05, 3.63) is 58.1 Å². The number of hydrazine groups is 1. The number of hydrogen-bond acceptors (Lipinski definition) is 5. The van der Waals surface area contributed by atoms with Crippen LogP contribution in [-0.2, 0) is 14.4 Å². The number of rotatable bonds is 6. The molecule has 0 atom stereocenters. The summed E-state index contributed by atoms with van der Waals surface area (Å²) >= 11 is 3.33. The second kappa shape index (κ2) is 8.13. The van der Waals surface area contributed by atoms with Crippen molar-refractivity contribution in [3.8, 4) is 11.5 Å². The van der Waals surface area contributed by atoms with Gasteiger partial charge in [0.05, 0.1) is 17.3 Å². The van der Waals surface area contributed by atoms with Gasteiger partial charge in [-0.3, -0.25) is 19.8 Å². The minimum Gasteiger partial charge on any atom is -0.493 e. The third-order valence-electron chi connectivity index (χ3n) is 3.83. The van der Waals surface area contributed by atoms with E-state index in [1.54, 1.807) is 36.4 Å². The molecule has 0 saturated carbocycles. The zero-order valence-corrected chi connectivity index (χ0v) is 16.4. The molecular weight excluding hydrogens is 430 g/mol. The molecule has 0 aliphatic carbocycles. The number of ether oxygens (including phenoxy) is 2. The molecule has 0 bridgehead atoms. The molecule has 3 rings (SSSR count). The van der Waals surface area contributed by atoms with Crippen molar-refractivity contribution < 1.29 is 23.9 Å². The number of nitrogens with two attached hydrogens (primary N) is 1. The van der Waals surface area contributed by atoms with Crippen LogP contribution < -0.4 is 25.6 Å². The van der Waals surface area contributed by atoms with Crippen LogP contribution in [0.1, 0.15) is 5.56 Å². The van der Waals surface area contributed by atoms with Gasteiger partial charge in [-0.15, -0.1) is 0 Å². The lowest BCUT2D eigenvalue weighted by atomic mass is 10.1. The number of amides is 3. The molecule has 1 fully saturated rings. The molecule has 0 unspecified atom stereocenters. The number of carbonyl (C=O) groups is 3. The normalized spacial score (nSPS) is 14.9. The summed E-state index contributed by atoms with van der Waals surface area (Å²) in [6, 6.07) is 12.0. The Bertz CT molecular complexity index is 975. The molecule has 8 nitrogen and oxygen atoms in total. The van der Waals surface area contributed by atoms with Crippen molar-refractivity contribution in [3.63, 3.8) is 0 Å². The van der Waals surface area contributed by atoms with Gasteiger partial charge in [0.2, 0.25) is 0 Å². The first-order valence-corrected chi connectivity index (χ1v) is 8.91. The summed E-state index contributed by atoms with van der Waals surface area (Å²) in [6.45, 7) is -0.317. The van der Waals surface area contributed by atoms with Crippen molar-refractivity contribution in [1.82, 2.24) is 5.43 Å². The average Bonchev–Trinajstić information content (AvgIpc) is 2.95. The number of nitrogens with one attached hydrogen (secondary N) is 1. The van der Waals surface area contributed by atoms with E-state index < -0.39 is 17.7 Å². The van der Waals surface area contributed by atoms with E-state index in [0.717, 1.165) is 0 Å². The van der Waals surface area contributed by atoms with Crippen LogP contribution in [-0.4, -0.2) is 31.4 Å². The first kappa shape index (κ1) is 19.4. The van der Waals surface area contributed by atoms with Crippen LogP contribution >= 0.6 is 15.9 Å². The molecule has 9 heteroatoms. The summed E-state index contributed by atoms with van der Waals surface area (Å²) in [4.78, 5) is 35.9. The Morgan fingerprint density at radius 2 is 1.96 bits per heavy atom. The molecule has 0 spiro atoms. The second-order valence-corrected chi connectivity index (χ2v) is 6.62. The molecule has 2 aromatic carbocycles. The van der Waals surface area contributed by atoms with Gasteiger partial charge in [-0.2, -0.15) is 0 Å². The Labute approximate surface area is 169 Å². The Morgan fingerprint density at radius 1 is 1.25 bits per heavy atom. The van der Waals surface area contributed by atoms with E-state index in [-0.39, 0.29) is 17.9 Å². The predicted molar refractivity (Wildman–Crippen MR) is 105 cm³/mol. The maximum Gasteiger partial charge on any atom is 0.282 e. The highest BCUT2D eigenvalue weighted by molar-refractivity contribution is 9.10. The number of hydrogen-bond donors (Lipinski definition) is 2. The van der Waals surface area contributed by atoms with E-state index in [9.17, 15) is 14.4 Å². The largest absolute Gasteiger partial charge is 0.493 e. The lowest BCUT2D eigenvalue weighted by molar-refractivity contribution is -0.120. The van der Waals surface area contributed by atoms with Crippen molar-refractivity contribution >= 4 is 45.4 Å². The molecule has 2 aromatic rings. The van der Waals surface area contributed by atoms with Crippen LogP contribution in [0.4, 0.5) is 5.69 Å². The summed E-state index contributed by atoms with van der Waals surface area (Å²) < 4.78 is 11.1. The quantitative estimate of drug-likeness (QED) is 0.519. The molecule has 1 saturated heterocycles. The number of halogens is 1. The van der Waals surface area contributed by atoms with Gasteiger partial charge in [0.15, 0.2) is 18.1 Å². The lowest BCUT2D eigenvalue weighted by Gasteiger charge is -2.14. The molecular formula is C19H16BrN3O5. The Kier molecular flexibility index (Phi) is 5.65. The fraction of sp³-hybridized carbons (Fsp3) is 0.105. The van der Waals surface area contributed by atoms with E-state index in [1.165, 1.54) is 18.2 Å². The van der Waals surface area contributed by atoms with Crippen LogP contribution in [0.25, 0.3) is 6.08 Å². The number of carbonyl (C=O) groups excluding carboxylic acids is 3. The third-order valence-corrected chi connectivity index (χ3v) is 4.42. The van der Waals surface area contributed by atoms with Crippen molar-refractivity contribution in [2.45, 2.75) is 0 Å². The average molecular weight is 446 g/mol. The summed E-state index contributed by atoms with van der Waals surface area (Å²) in [7, 11) is 1.43. The van der Waals surface area contributed by atoms with Gasteiger partial charge in [0.1, 0.15) is 5.57 Å². The van der Waals surface area contributed by atoms with Crippen LogP contribution in [0.3, 0.4) is 0 Å². The number of nitrogens with zero attached hydrogens (tertiary/aromatic N) is 1. The van der Waals surface area contributed by atoms with Crippen LogP contribution in [0.15, 0.2) is 52.5 Å². The van der Waals surface area contributed by atoms with Gasteiger partial charge in [-0.05, 0) is 51.8 Å². The first-order valence-electron chi connectivity index (χ1n) is 8.11. The van der Waals surface area contributed by atoms with Gasteiger partial charge in [0, 0.05) is 0 Å². The van der Waals surface area contributed by atoms with E-state index >= 15 is 0 Å². The first-order chi connectivity index (χ1) is 13.4. The van der Waals surface area contributed by atoms with E-state index in [1.807, 2.05) is 6.07 Å². The topological polar surface area (TPSA) is 111 Å². The molecule has 3 N–H and O–H groups in total. The van der Waals surface area contributed by atoms with Gasteiger partial charge >= 0.3 is 0 Å². The smallest absolute Gasteiger partial charge is 0.282 e. The zero-order chi connectivity index (χ0) is 20.3. The number of benzene rings is 2. The lowest BCUT2D eigenvalue weighted by Crippen LogP contribution is -2.35. The number of anilines is 1. The monoisotopic (exact) mass is 445 g/mol. The van der Waals surface area contributed by atoms with E-state index in [4.69, 9.17) is 15.2 Å². The number of primary amides is 1. The van der Waals surface area contributed by atoms with Gasteiger partial charge in [-0.25, -0.2) is 5.01 Å². The zero-order valence-electron chi connectivity index (χ0n) is 14.8. The highest BCUT2D eigenvalue weighted by Gasteiger charge is 2.34. The fourth-order valence-corrected chi connectivity index (χ4v) is 3.16. The molecule has 1 aliphatic heterocycles. The van der Waals surface area contributed by atoms with Crippen LogP contribution in [0.2, 0.25) is 0 Å². The van der Waals surface area contributed by atoms with Crippen LogP contribution in [0.5, 0.6) is 11.5 Å². The molecule has 0 aromatic heterocycles. The molecule has 28 heavy (non-hydrogen) atoms. The summed E-state index contributed by atoms with van der Waals surface area (Å²) in [6.07, 6.45) is 1.45. The summed E-state index contributed by atoms with van der Waals surface area (Å²) in [5.41, 5.74) is 8.69. The molecule has 1 heterocycles. The molecule has 3 amide bonds. The Morgan fingerprint density at radius 3 is 2.61 bits per heavy atom. The maximum absolute atomic E-state index is 12.7. The Hall–Kier alpha value is -3.33. The van der Waals surface area contributed by atoms with E-state index in [0.29, 0.717) is 21.5 Å². The predicted octanol–water partition coefficient (Wildman–Crippen LogP) is 1.78. The number of methoxy groups -OCH3 is 1. The van der Waals surface area contributed by atoms with Crippen molar-refractivity contribution in [1.29, 1.82) is 0 Å². The molecule has 1 aliphatic rings. The van der Waals surface area contributed by atoms with Gasteiger partial charge in [0.25, 0.3) is 17.7 Å². The minimum atomic E-state index is -0.630. The second-order valence-electron chi connectivity index (χ2n) is 5.76. The highest BCUT2D eigenvalue weighted by atomic mass is 79.9. The standard InChI is InChI=1S/C19H16BrN3O5/c1-27-15-9-11(8-14(20)17(15)28-10-16(21)24)7-13-18(25)22-23(19(13)26)12-5-3-2-4-6-12/h2-9H,10H2,1H3,(H2,21,24)(H,22,25)/b13-7-. The van der Waals surface area contributed by atoms with Crippen molar-refractivity contribution in [2.24, 2.45) is 5.73 Å². The highest BCUT2D eigenvalue weighted by Crippen LogP contribution is 2.37. The van der Waals surface area contributed by atoms with Crippen LogP contribution in [0, 0.1) is 0 Å². The van der Waals surface area contributed by atoms with E-state index in [2.05, 4.69) is 21.4 Å².